The Morgan fingerprint density at radius 1 is 1.24 bits per heavy atom. The maximum absolute atomic E-state index is 12.6. The summed E-state index contributed by atoms with van der Waals surface area (Å²) in [5.41, 5.74) is -0.743. The molecule has 6 heteroatoms. The second-order valence-corrected chi connectivity index (χ2v) is 5.98. The molecular weight excluding hydrogens is 301 g/mol. The van der Waals surface area contributed by atoms with E-state index in [0.29, 0.717) is 0 Å². The maximum Gasteiger partial charge on any atom is 0.416 e. The molecule has 0 fully saturated rings. The molecule has 0 aliphatic rings. The third-order valence-corrected chi connectivity index (χ3v) is 4.16. The van der Waals surface area contributed by atoms with Gasteiger partial charge in [0, 0.05) is 9.75 Å². The fourth-order valence-electron chi connectivity index (χ4n) is 1.86. The van der Waals surface area contributed by atoms with Crippen molar-refractivity contribution >= 4 is 11.3 Å². The molecule has 0 aliphatic carbocycles. The first kappa shape index (κ1) is 15.9. The minimum atomic E-state index is -4.39. The largest absolute Gasteiger partial charge is 0.493 e. The second kappa shape index (κ2) is 6.49. The van der Waals surface area contributed by atoms with Crippen molar-refractivity contribution in [2.45, 2.75) is 19.0 Å². The van der Waals surface area contributed by atoms with Crippen LogP contribution in [0, 0.1) is 6.92 Å². The van der Waals surface area contributed by atoms with Crippen molar-refractivity contribution < 1.29 is 23.0 Å². The third kappa shape index (κ3) is 4.22. The number of aliphatic hydroxyl groups is 1. The zero-order valence-corrected chi connectivity index (χ0v) is 12.2. The smallest absolute Gasteiger partial charge is 0.416 e. The minimum Gasteiger partial charge on any atom is -0.493 e. The van der Waals surface area contributed by atoms with Crippen molar-refractivity contribution in [2.75, 3.05) is 13.2 Å². The van der Waals surface area contributed by atoms with Crippen LogP contribution >= 0.6 is 11.3 Å². The fourth-order valence-corrected chi connectivity index (χ4v) is 2.81. The van der Waals surface area contributed by atoms with Gasteiger partial charge in [0.1, 0.15) is 5.75 Å². The molecule has 0 radical (unpaired) electrons. The maximum atomic E-state index is 12.6. The van der Waals surface area contributed by atoms with Gasteiger partial charge in [0.05, 0.1) is 24.7 Å². The summed E-state index contributed by atoms with van der Waals surface area (Å²) in [6, 6.07) is 8.58. The summed E-state index contributed by atoms with van der Waals surface area (Å²) < 4.78 is 43.2. The van der Waals surface area contributed by atoms with Crippen LogP contribution < -0.4 is 4.74 Å². The van der Waals surface area contributed by atoms with E-state index in [1.807, 2.05) is 19.1 Å². The Labute approximate surface area is 124 Å². The van der Waals surface area contributed by atoms with Crippen molar-refractivity contribution in [1.82, 2.24) is 0 Å². The molecule has 1 aromatic carbocycles. The van der Waals surface area contributed by atoms with E-state index in [9.17, 15) is 18.3 Å². The van der Waals surface area contributed by atoms with E-state index in [2.05, 4.69) is 0 Å². The highest BCUT2D eigenvalue weighted by atomic mass is 32.1. The van der Waals surface area contributed by atoms with E-state index in [4.69, 9.17) is 4.74 Å². The van der Waals surface area contributed by atoms with Crippen LogP contribution in [0.4, 0.5) is 13.2 Å². The molecule has 0 spiro atoms. The lowest BCUT2D eigenvalue weighted by molar-refractivity contribution is -0.137. The Bertz CT molecular complexity index is 593. The van der Waals surface area contributed by atoms with Gasteiger partial charge in [-0.2, -0.15) is 13.2 Å². The van der Waals surface area contributed by atoms with E-state index in [1.165, 1.54) is 12.1 Å². The Kier molecular flexibility index (Phi) is 4.90. The number of rotatable bonds is 5. The highest BCUT2D eigenvalue weighted by molar-refractivity contribution is 7.12. The van der Waals surface area contributed by atoms with Crippen molar-refractivity contribution in [3.63, 3.8) is 0 Å². The molecule has 21 heavy (non-hydrogen) atoms. The van der Waals surface area contributed by atoms with Crippen LogP contribution in [0.5, 0.6) is 5.75 Å². The molecule has 114 valence electrons. The normalized spacial score (nSPS) is 13.2. The number of alkyl halides is 3. The second-order valence-electron chi connectivity index (χ2n) is 4.66. The monoisotopic (exact) mass is 316 g/mol. The molecule has 2 rings (SSSR count). The molecule has 1 atom stereocenters. The van der Waals surface area contributed by atoms with Gasteiger partial charge in [-0.25, -0.2) is 0 Å². The van der Waals surface area contributed by atoms with Crippen LogP contribution in [-0.4, -0.2) is 18.3 Å². The average molecular weight is 316 g/mol. The summed E-state index contributed by atoms with van der Waals surface area (Å²) in [4.78, 5) is 2.07. The molecule has 0 amide bonds. The number of halogens is 3. The van der Waals surface area contributed by atoms with Crippen LogP contribution in [0.3, 0.4) is 0 Å². The standard InChI is InChI=1S/C15H15F3O2S/c1-10-5-6-14(21-10)11(8-19)9-20-13-4-2-3-12(7-13)15(16,17)18/h2-7,11,19H,8-9H2,1H3. The van der Waals surface area contributed by atoms with Crippen molar-refractivity contribution in [3.05, 3.63) is 51.7 Å². The lowest BCUT2D eigenvalue weighted by Gasteiger charge is -2.15. The van der Waals surface area contributed by atoms with Crippen LogP contribution in [0.25, 0.3) is 0 Å². The fraction of sp³-hybridized carbons (Fsp3) is 0.333. The van der Waals surface area contributed by atoms with Crippen LogP contribution in [-0.2, 0) is 6.18 Å². The summed E-state index contributed by atoms with van der Waals surface area (Å²) in [7, 11) is 0. The van der Waals surface area contributed by atoms with Crippen LogP contribution in [0.2, 0.25) is 0 Å². The van der Waals surface area contributed by atoms with Gasteiger partial charge in [0.25, 0.3) is 0 Å². The van der Waals surface area contributed by atoms with E-state index in [1.54, 1.807) is 11.3 Å². The molecule has 0 aliphatic heterocycles. The topological polar surface area (TPSA) is 29.5 Å². The van der Waals surface area contributed by atoms with E-state index >= 15 is 0 Å². The van der Waals surface area contributed by atoms with E-state index in [0.717, 1.165) is 21.9 Å². The summed E-state index contributed by atoms with van der Waals surface area (Å²) in [6.45, 7) is 1.98. The SMILES string of the molecule is Cc1ccc(C(CO)COc2cccc(C(F)(F)F)c2)s1. The number of hydrogen-bond acceptors (Lipinski definition) is 3. The molecule has 0 bridgehead atoms. The number of benzene rings is 1. The highest BCUT2D eigenvalue weighted by Gasteiger charge is 2.30. The number of aryl methyl sites for hydroxylation is 1. The molecule has 1 heterocycles. The first-order valence-corrected chi connectivity index (χ1v) is 7.19. The first-order valence-electron chi connectivity index (χ1n) is 6.37. The predicted molar refractivity (Wildman–Crippen MR) is 75.8 cm³/mol. The van der Waals surface area contributed by atoms with Crippen LogP contribution in [0.1, 0.15) is 21.2 Å². The molecule has 2 aromatic rings. The third-order valence-electron chi connectivity index (χ3n) is 3.00. The molecule has 1 aromatic heterocycles. The Morgan fingerprint density at radius 3 is 2.57 bits per heavy atom. The lowest BCUT2D eigenvalue weighted by Crippen LogP contribution is -2.13. The van der Waals surface area contributed by atoms with Gasteiger partial charge in [0.2, 0.25) is 0 Å². The quantitative estimate of drug-likeness (QED) is 0.894. The number of aliphatic hydroxyl groups excluding tert-OH is 1. The summed E-state index contributed by atoms with van der Waals surface area (Å²) in [5, 5.41) is 9.40. The molecular formula is C15H15F3O2S. The Morgan fingerprint density at radius 2 is 2.00 bits per heavy atom. The molecule has 0 saturated carbocycles. The minimum absolute atomic E-state index is 0.112. The lowest BCUT2D eigenvalue weighted by atomic mass is 10.1. The zero-order valence-electron chi connectivity index (χ0n) is 11.4. The van der Waals surface area contributed by atoms with E-state index < -0.39 is 11.7 Å². The van der Waals surface area contributed by atoms with Crippen molar-refractivity contribution in [1.29, 1.82) is 0 Å². The zero-order chi connectivity index (χ0) is 15.5. The Hall–Kier alpha value is -1.53. The van der Waals surface area contributed by atoms with E-state index in [-0.39, 0.29) is 24.9 Å². The highest BCUT2D eigenvalue weighted by Crippen LogP contribution is 2.32. The number of ether oxygens (including phenoxy) is 1. The number of thiophene rings is 1. The average Bonchev–Trinajstić information content (AvgIpc) is 2.85. The molecule has 0 saturated heterocycles. The van der Waals surface area contributed by atoms with Gasteiger partial charge in [0.15, 0.2) is 0 Å². The Balaban J connectivity index is 2.05. The summed E-state index contributed by atoms with van der Waals surface area (Å²) >= 11 is 1.54. The molecule has 1 unspecified atom stereocenters. The van der Waals surface area contributed by atoms with Gasteiger partial charge in [-0.15, -0.1) is 11.3 Å². The van der Waals surface area contributed by atoms with Gasteiger partial charge >= 0.3 is 6.18 Å². The summed E-state index contributed by atoms with van der Waals surface area (Å²) in [6.07, 6.45) is -4.39. The van der Waals surface area contributed by atoms with Gasteiger partial charge in [-0.3, -0.25) is 0 Å². The van der Waals surface area contributed by atoms with Crippen LogP contribution in [0.15, 0.2) is 36.4 Å². The predicted octanol–water partition coefficient (Wildman–Crippen LogP) is 4.23. The number of hydrogen-bond donors (Lipinski definition) is 1. The summed E-state index contributed by atoms with van der Waals surface area (Å²) in [5.74, 6) is -0.0882. The van der Waals surface area contributed by atoms with Gasteiger partial charge in [-0.05, 0) is 37.3 Å². The van der Waals surface area contributed by atoms with Crippen molar-refractivity contribution in [2.24, 2.45) is 0 Å². The van der Waals surface area contributed by atoms with Crippen molar-refractivity contribution in [3.8, 4) is 5.75 Å². The van der Waals surface area contributed by atoms with Gasteiger partial charge < -0.3 is 9.84 Å². The molecule has 1 N–H and O–H groups in total. The first-order chi connectivity index (χ1) is 9.90. The molecule has 2 nitrogen and oxygen atoms in total. The van der Waals surface area contributed by atoms with Gasteiger partial charge in [-0.1, -0.05) is 6.07 Å².